The molecule has 0 aliphatic carbocycles. The molecular weight excluding hydrogens is 508 g/mol. The number of rotatable bonds is 4. The fourth-order valence-electron chi connectivity index (χ4n) is 5.14. The quantitative estimate of drug-likeness (QED) is 0.423. The van der Waals surface area contributed by atoms with Crippen molar-refractivity contribution in [3.8, 4) is 5.75 Å². The molecule has 4 heterocycles. The zero-order valence-electron chi connectivity index (χ0n) is 20.7. The molecule has 2 aromatic carbocycles. The van der Waals surface area contributed by atoms with Gasteiger partial charge in [-0.1, -0.05) is 30.3 Å². The predicted octanol–water partition coefficient (Wildman–Crippen LogP) is 1.82. The van der Waals surface area contributed by atoms with Gasteiger partial charge < -0.3 is 23.7 Å². The monoisotopic (exact) mass is 532 g/mol. The number of benzene rings is 2. The highest BCUT2D eigenvalue weighted by molar-refractivity contribution is 5.94. The first-order chi connectivity index (χ1) is 18.9. The SMILES string of the molecule is O=C1C=CC(=O)OC2(O1)c1cccc3c1C(OC(=O)/C=C\C(=O)O3)N2Cc1ccccc1CN1CCOCC1. The van der Waals surface area contributed by atoms with Crippen molar-refractivity contribution in [3.63, 3.8) is 0 Å². The van der Waals surface area contributed by atoms with Gasteiger partial charge in [0.25, 0.3) is 0 Å². The van der Waals surface area contributed by atoms with Crippen LogP contribution in [0.5, 0.6) is 5.75 Å². The Morgan fingerprint density at radius 2 is 1.38 bits per heavy atom. The summed E-state index contributed by atoms with van der Waals surface area (Å²) in [5.41, 5.74) is 2.24. The van der Waals surface area contributed by atoms with E-state index in [9.17, 15) is 19.2 Å². The first-order valence-electron chi connectivity index (χ1n) is 12.4. The van der Waals surface area contributed by atoms with Crippen LogP contribution < -0.4 is 4.74 Å². The Morgan fingerprint density at radius 1 is 0.744 bits per heavy atom. The van der Waals surface area contributed by atoms with E-state index in [1.54, 1.807) is 12.1 Å². The summed E-state index contributed by atoms with van der Waals surface area (Å²) in [5, 5.41) is 0. The molecule has 200 valence electrons. The van der Waals surface area contributed by atoms with Crippen LogP contribution in [0.3, 0.4) is 0 Å². The number of esters is 4. The Morgan fingerprint density at radius 3 is 2.10 bits per heavy atom. The second kappa shape index (κ2) is 10.1. The first kappa shape index (κ1) is 25.0. The van der Waals surface area contributed by atoms with Crippen molar-refractivity contribution in [1.82, 2.24) is 9.80 Å². The van der Waals surface area contributed by atoms with Gasteiger partial charge in [0, 0.05) is 50.5 Å². The van der Waals surface area contributed by atoms with Gasteiger partial charge in [-0.2, -0.15) is 4.90 Å². The molecule has 0 amide bonds. The van der Waals surface area contributed by atoms with Crippen molar-refractivity contribution >= 4 is 23.9 Å². The van der Waals surface area contributed by atoms with Crippen LogP contribution in [-0.2, 0) is 57.1 Å². The molecule has 6 rings (SSSR count). The molecular formula is C28H24N2O9. The van der Waals surface area contributed by atoms with Crippen LogP contribution >= 0.6 is 0 Å². The Hall–Kier alpha value is -4.32. The third-order valence-electron chi connectivity index (χ3n) is 6.90. The summed E-state index contributed by atoms with van der Waals surface area (Å²) in [6.45, 7) is 3.50. The first-order valence-corrected chi connectivity index (χ1v) is 12.4. The van der Waals surface area contributed by atoms with Crippen LogP contribution in [0.15, 0.2) is 66.8 Å². The number of carbonyl (C=O) groups is 4. The average Bonchev–Trinajstić information content (AvgIpc) is 3.08. The van der Waals surface area contributed by atoms with Gasteiger partial charge in [0.15, 0.2) is 6.23 Å². The van der Waals surface area contributed by atoms with Gasteiger partial charge in [-0.15, -0.1) is 0 Å². The van der Waals surface area contributed by atoms with Gasteiger partial charge in [0.05, 0.1) is 24.3 Å². The fraction of sp³-hybridized carbons (Fsp3) is 0.286. The molecule has 0 bridgehead atoms. The van der Waals surface area contributed by atoms with Crippen molar-refractivity contribution in [3.05, 3.63) is 89.0 Å². The molecule has 39 heavy (non-hydrogen) atoms. The van der Waals surface area contributed by atoms with Crippen molar-refractivity contribution < 1.29 is 42.9 Å². The van der Waals surface area contributed by atoms with Gasteiger partial charge in [-0.3, -0.25) is 4.90 Å². The summed E-state index contributed by atoms with van der Waals surface area (Å²) in [7, 11) is 0. The minimum Gasteiger partial charge on any atom is -0.438 e. The number of carbonyl (C=O) groups excluding carboxylic acids is 4. The number of hydrogen-bond donors (Lipinski definition) is 0. The van der Waals surface area contributed by atoms with E-state index >= 15 is 0 Å². The third-order valence-corrected chi connectivity index (χ3v) is 6.90. The molecule has 1 atom stereocenters. The van der Waals surface area contributed by atoms with Gasteiger partial charge >= 0.3 is 29.8 Å². The second-order valence-corrected chi connectivity index (χ2v) is 9.30. The van der Waals surface area contributed by atoms with E-state index in [4.69, 9.17) is 23.7 Å². The standard InChI is InChI=1S/C28H24N2O9/c31-22-8-9-23(32)37-27-26-20(6-3-7-21(26)36-22)28(38-24(33)10-11-25(34)39-28)30(27)17-19-5-2-1-4-18(19)16-29-12-14-35-15-13-29/h1-11,27H,12-17H2/b9-8-. The zero-order valence-corrected chi connectivity index (χ0v) is 20.7. The lowest BCUT2D eigenvalue weighted by Gasteiger charge is -2.38. The lowest BCUT2D eigenvalue weighted by molar-refractivity contribution is -0.310. The Kier molecular flexibility index (Phi) is 6.47. The summed E-state index contributed by atoms with van der Waals surface area (Å²) >= 11 is 0. The Balaban J connectivity index is 1.48. The summed E-state index contributed by atoms with van der Waals surface area (Å²) in [6.07, 6.45) is 2.63. The number of nitrogens with zero attached hydrogens (tertiary/aromatic N) is 2. The van der Waals surface area contributed by atoms with Crippen LogP contribution in [-0.4, -0.2) is 60.0 Å². The summed E-state index contributed by atoms with van der Waals surface area (Å²) in [6, 6.07) is 12.3. The van der Waals surface area contributed by atoms with Crippen LogP contribution in [0, 0.1) is 0 Å². The van der Waals surface area contributed by atoms with E-state index in [-0.39, 0.29) is 23.4 Å². The smallest absolute Gasteiger partial charge is 0.353 e. The van der Waals surface area contributed by atoms with Gasteiger partial charge in [-0.25, -0.2) is 19.2 Å². The zero-order chi connectivity index (χ0) is 27.0. The van der Waals surface area contributed by atoms with Crippen molar-refractivity contribution in [1.29, 1.82) is 0 Å². The maximum Gasteiger partial charge on any atom is 0.353 e. The van der Waals surface area contributed by atoms with Crippen LogP contribution in [0.4, 0.5) is 0 Å². The van der Waals surface area contributed by atoms with Gasteiger partial charge in [0.2, 0.25) is 0 Å². The summed E-state index contributed by atoms with van der Waals surface area (Å²) in [5.74, 6) is -5.31. The van der Waals surface area contributed by atoms with E-state index in [0.29, 0.717) is 19.8 Å². The minimum atomic E-state index is -2.10. The molecule has 2 aromatic rings. The molecule has 0 saturated carbocycles. The van der Waals surface area contributed by atoms with Crippen molar-refractivity contribution in [2.24, 2.45) is 0 Å². The molecule has 4 aliphatic rings. The highest BCUT2D eigenvalue weighted by atomic mass is 16.8. The average molecular weight is 533 g/mol. The fourth-order valence-corrected chi connectivity index (χ4v) is 5.14. The Labute approximate surface area is 223 Å². The molecule has 11 nitrogen and oxygen atoms in total. The number of morpholine rings is 1. The van der Waals surface area contributed by atoms with E-state index in [1.807, 2.05) is 24.3 Å². The highest BCUT2D eigenvalue weighted by Gasteiger charge is 2.60. The molecule has 0 radical (unpaired) electrons. The summed E-state index contributed by atoms with van der Waals surface area (Å²) in [4.78, 5) is 54.3. The molecule has 1 spiro atoms. The number of ether oxygens (including phenoxy) is 5. The van der Waals surface area contributed by atoms with Crippen molar-refractivity contribution in [2.75, 3.05) is 26.3 Å². The third kappa shape index (κ3) is 4.71. The topological polar surface area (TPSA) is 121 Å². The Bertz CT molecular complexity index is 1390. The molecule has 11 heteroatoms. The molecule has 1 unspecified atom stereocenters. The molecule has 0 N–H and O–H groups in total. The van der Waals surface area contributed by atoms with E-state index in [1.165, 1.54) is 11.0 Å². The van der Waals surface area contributed by atoms with E-state index < -0.39 is 36.0 Å². The van der Waals surface area contributed by atoms with Crippen LogP contribution in [0.2, 0.25) is 0 Å². The van der Waals surface area contributed by atoms with Crippen LogP contribution in [0.25, 0.3) is 0 Å². The maximum atomic E-state index is 12.7. The van der Waals surface area contributed by atoms with E-state index in [0.717, 1.165) is 48.5 Å². The van der Waals surface area contributed by atoms with Crippen molar-refractivity contribution in [2.45, 2.75) is 25.2 Å². The second-order valence-electron chi connectivity index (χ2n) is 9.30. The van der Waals surface area contributed by atoms with Gasteiger partial charge in [-0.05, 0) is 23.3 Å². The molecule has 0 aromatic heterocycles. The molecule has 1 fully saturated rings. The normalized spacial score (nSPS) is 23.4. The highest BCUT2D eigenvalue weighted by Crippen LogP contribution is 2.53. The number of fused-ring (bicyclic) bond motifs is 1. The molecule has 1 saturated heterocycles. The van der Waals surface area contributed by atoms with Crippen LogP contribution in [0.1, 0.15) is 28.5 Å². The lowest BCUT2D eigenvalue weighted by atomic mass is 10.1. The van der Waals surface area contributed by atoms with E-state index in [2.05, 4.69) is 4.90 Å². The largest absolute Gasteiger partial charge is 0.438 e. The lowest BCUT2D eigenvalue weighted by Crippen LogP contribution is -2.49. The minimum absolute atomic E-state index is 0.0464. The van der Waals surface area contributed by atoms with Gasteiger partial charge in [0.1, 0.15) is 5.75 Å². The summed E-state index contributed by atoms with van der Waals surface area (Å²) < 4.78 is 28.4. The maximum absolute atomic E-state index is 12.7. The predicted molar refractivity (Wildman–Crippen MR) is 131 cm³/mol. The molecule has 4 aliphatic heterocycles. The number of hydrogen-bond acceptors (Lipinski definition) is 11.